The van der Waals surface area contributed by atoms with E-state index in [4.69, 9.17) is 0 Å². The van der Waals surface area contributed by atoms with Crippen LogP contribution in [0.5, 0.6) is 5.75 Å². The van der Waals surface area contributed by atoms with E-state index in [0.29, 0.717) is 17.0 Å². The summed E-state index contributed by atoms with van der Waals surface area (Å²) in [5, 5.41) is 9.86. The molecule has 0 amide bonds. The number of halogens is 2. The van der Waals surface area contributed by atoms with E-state index in [1.165, 1.54) is 0 Å². The highest BCUT2D eigenvalue weighted by Gasteiger charge is 2.10. The molecule has 0 spiro atoms. The Hall–Kier alpha value is -1.40. The molecule has 4 nitrogen and oxygen atoms in total. The van der Waals surface area contributed by atoms with Crippen molar-refractivity contribution in [1.82, 2.24) is 15.0 Å². The number of pyridine rings is 1. The van der Waals surface area contributed by atoms with Crippen LogP contribution < -0.4 is 0 Å². The van der Waals surface area contributed by atoms with Gasteiger partial charge in [-0.25, -0.2) is 9.97 Å². The number of hydrogen-bond donors (Lipinski definition) is 2. The van der Waals surface area contributed by atoms with E-state index in [9.17, 15) is 5.11 Å². The first kappa shape index (κ1) is 11.7. The zero-order valence-electron chi connectivity index (χ0n) is 8.98. The lowest BCUT2D eigenvalue weighted by Gasteiger charge is -2.01. The maximum absolute atomic E-state index is 9.86. The van der Waals surface area contributed by atoms with Crippen molar-refractivity contribution < 1.29 is 5.11 Å². The van der Waals surface area contributed by atoms with Crippen LogP contribution in [0.3, 0.4) is 0 Å². The maximum Gasteiger partial charge on any atom is 0.178 e. The molecule has 90 valence electrons. The van der Waals surface area contributed by atoms with E-state index in [1.54, 1.807) is 18.3 Å². The number of nitrogens with zero attached hydrogens (tertiary/aromatic N) is 2. The fraction of sp³-hybridized carbons (Fsp3) is 0. The minimum Gasteiger partial charge on any atom is -0.507 e. The monoisotopic (exact) mass is 367 g/mol. The Morgan fingerprint density at radius 3 is 2.78 bits per heavy atom. The summed E-state index contributed by atoms with van der Waals surface area (Å²) in [6.45, 7) is 0. The van der Waals surface area contributed by atoms with Gasteiger partial charge in [0.1, 0.15) is 11.6 Å². The number of hydrogen-bond acceptors (Lipinski definition) is 3. The van der Waals surface area contributed by atoms with Crippen molar-refractivity contribution in [3.8, 4) is 17.1 Å². The Morgan fingerprint density at radius 1 is 1.11 bits per heavy atom. The van der Waals surface area contributed by atoms with Crippen LogP contribution in [0.15, 0.2) is 39.4 Å². The standard InChI is InChI=1S/C12H7Br2N3O/c13-6-1-2-10(18)8(3-6)11-16-9-4-7(14)5-15-12(9)17-11/h1-5,18H,(H,15,16,17). The molecule has 0 aliphatic heterocycles. The summed E-state index contributed by atoms with van der Waals surface area (Å²) in [6, 6.07) is 7.10. The molecule has 0 saturated heterocycles. The van der Waals surface area contributed by atoms with Gasteiger partial charge in [0.05, 0.1) is 11.1 Å². The van der Waals surface area contributed by atoms with Gasteiger partial charge in [-0.2, -0.15) is 0 Å². The van der Waals surface area contributed by atoms with Crippen LogP contribution in [0.4, 0.5) is 0 Å². The predicted octanol–water partition coefficient (Wildman–Crippen LogP) is 3.86. The molecule has 2 aromatic heterocycles. The van der Waals surface area contributed by atoms with E-state index < -0.39 is 0 Å². The van der Waals surface area contributed by atoms with Crippen molar-refractivity contribution in [3.05, 3.63) is 39.4 Å². The summed E-state index contributed by atoms with van der Waals surface area (Å²) < 4.78 is 1.76. The van der Waals surface area contributed by atoms with E-state index in [0.717, 1.165) is 14.5 Å². The summed E-state index contributed by atoms with van der Waals surface area (Å²) in [5.74, 6) is 0.769. The van der Waals surface area contributed by atoms with Crippen molar-refractivity contribution in [1.29, 1.82) is 0 Å². The van der Waals surface area contributed by atoms with Gasteiger partial charge in [0.2, 0.25) is 0 Å². The SMILES string of the molecule is Oc1ccc(Br)cc1-c1nc2ncc(Br)cc2[nH]1. The lowest BCUT2D eigenvalue weighted by atomic mass is 10.2. The highest BCUT2D eigenvalue weighted by Crippen LogP contribution is 2.31. The van der Waals surface area contributed by atoms with E-state index in [1.807, 2.05) is 12.1 Å². The Morgan fingerprint density at radius 2 is 1.94 bits per heavy atom. The smallest absolute Gasteiger partial charge is 0.178 e. The molecule has 2 N–H and O–H groups in total. The lowest BCUT2D eigenvalue weighted by molar-refractivity contribution is 0.477. The van der Waals surface area contributed by atoms with Crippen molar-refractivity contribution in [2.24, 2.45) is 0 Å². The summed E-state index contributed by atoms with van der Waals surface area (Å²) >= 11 is 6.73. The number of H-pyrrole nitrogens is 1. The van der Waals surface area contributed by atoms with Crippen LogP contribution in [-0.2, 0) is 0 Å². The molecule has 3 aromatic rings. The van der Waals surface area contributed by atoms with Crippen LogP contribution in [0.25, 0.3) is 22.6 Å². The first-order valence-corrected chi connectivity index (χ1v) is 6.72. The summed E-state index contributed by atoms with van der Waals surface area (Å²) in [4.78, 5) is 11.7. The van der Waals surface area contributed by atoms with E-state index in [2.05, 4.69) is 46.8 Å². The van der Waals surface area contributed by atoms with Gasteiger partial charge in [-0.1, -0.05) is 15.9 Å². The first-order valence-electron chi connectivity index (χ1n) is 5.13. The number of aromatic hydroxyl groups is 1. The average molecular weight is 369 g/mol. The van der Waals surface area contributed by atoms with Crippen LogP contribution in [0.1, 0.15) is 0 Å². The minimum absolute atomic E-state index is 0.177. The predicted molar refractivity (Wildman–Crippen MR) is 76.4 cm³/mol. The third-order valence-corrected chi connectivity index (χ3v) is 3.44. The molecular weight excluding hydrogens is 362 g/mol. The number of fused-ring (bicyclic) bond motifs is 1. The largest absolute Gasteiger partial charge is 0.507 e. The quantitative estimate of drug-likeness (QED) is 0.685. The van der Waals surface area contributed by atoms with Gasteiger partial charge >= 0.3 is 0 Å². The molecule has 1 aromatic carbocycles. The highest BCUT2D eigenvalue weighted by molar-refractivity contribution is 9.10. The molecule has 0 aliphatic rings. The molecule has 0 radical (unpaired) electrons. The molecule has 0 atom stereocenters. The van der Waals surface area contributed by atoms with Gasteiger partial charge in [0.25, 0.3) is 0 Å². The Labute approximate surface area is 119 Å². The molecule has 0 aliphatic carbocycles. The van der Waals surface area contributed by atoms with Gasteiger partial charge in [-0.05, 0) is 40.2 Å². The zero-order valence-corrected chi connectivity index (χ0v) is 12.2. The van der Waals surface area contributed by atoms with Gasteiger partial charge in [-0.15, -0.1) is 0 Å². The van der Waals surface area contributed by atoms with Gasteiger partial charge < -0.3 is 10.1 Å². The second kappa shape index (κ2) is 4.37. The van der Waals surface area contributed by atoms with Crippen molar-refractivity contribution in [2.75, 3.05) is 0 Å². The zero-order chi connectivity index (χ0) is 12.7. The molecule has 0 saturated carbocycles. The molecule has 2 heterocycles. The topological polar surface area (TPSA) is 61.8 Å². The molecule has 6 heteroatoms. The van der Waals surface area contributed by atoms with Gasteiger partial charge in [-0.3, -0.25) is 0 Å². The number of rotatable bonds is 1. The number of benzene rings is 1. The molecule has 18 heavy (non-hydrogen) atoms. The number of imidazole rings is 1. The van der Waals surface area contributed by atoms with Crippen molar-refractivity contribution >= 4 is 43.0 Å². The highest BCUT2D eigenvalue weighted by atomic mass is 79.9. The Bertz CT molecular complexity index is 739. The second-order valence-corrected chi connectivity index (χ2v) is 5.60. The van der Waals surface area contributed by atoms with Crippen LogP contribution in [0, 0.1) is 0 Å². The minimum atomic E-state index is 0.177. The molecule has 0 bridgehead atoms. The third kappa shape index (κ3) is 2.02. The fourth-order valence-electron chi connectivity index (χ4n) is 1.70. The van der Waals surface area contributed by atoms with E-state index >= 15 is 0 Å². The lowest BCUT2D eigenvalue weighted by Crippen LogP contribution is -1.81. The normalized spacial score (nSPS) is 11.0. The second-order valence-electron chi connectivity index (χ2n) is 3.77. The Kier molecular flexibility index (Phi) is 2.83. The molecule has 0 fully saturated rings. The Balaban J connectivity index is 2.22. The number of aromatic amines is 1. The van der Waals surface area contributed by atoms with Gasteiger partial charge in [0.15, 0.2) is 5.65 Å². The molecule has 3 rings (SSSR count). The maximum atomic E-state index is 9.86. The number of nitrogens with one attached hydrogen (secondary N) is 1. The summed E-state index contributed by atoms with van der Waals surface area (Å²) in [5.41, 5.74) is 2.07. The summed E-state index contributed by atoms with van der Waals surface area (Å²) in [6.07, 6.45) is 1.69. The molecular formula is C12H7Br2N3O. The average Bonchev–Trinajstić information content (AvgIpc) is 2.74. The van der Waals surface area contributed by atoms with Crippen molar-refractivity contribution in [2.45, 2.75) is 0 Å². The van der Waals surface area contributed by atoms with Crippen LogP contribution >= 0.6 is 31.9 Å². The fourth-order valence-corrected chi connectivity index (χ4v) is 2.39. The van der Waals surface area contributed by atoms with Gasteiger partial charge in [0, 0.05) is 15.1 Å². The van der Waals surface area contributed by atoms with E-state index in [-0.39, 0.29) is 5.75 Å². The number of phenolic OH excluding ortho intramolecular Hbond substituents is 1. The first-order chi connectivity index (χ1) is 8.63. The number of phenols is 1. The number of aromatic nitrogens is 3. The third-order valence-electron chi connectivity index (χ3n) is 2.52. The van der Waals surface area contributed by atoms with Crippen LogP contribution in [-0.4, -0.2) is 20.1 Å². The van der Waals surface area contributed by atoms with Crippen molar-refractivity contribution in [3.63, 3.8) is 0 Å². The molecule has 0 unspecified atom stereocenters. The van der Waals surface area contributed by atoms with Crippen LogP contribution in [0.2, 0.25) is 0 Å². The summed E-state index contributed by atoms with van der Waals surface area (Å²) in [7, 11) is 0.